The second-order valence-corrected chi connectivity index (χ2v) is 5.51. The molecule has 0 bridgehead atoms. The van der Waals surface area contributed by atoms with Gasteiger partial charge in [0.05, 0.1) is 13.0 Å². The van der Waals surface area contributed by atoms with Gasteiger partial charge in [-0.05, 0) is 24.3 Å². The Labute approximate surface area is 146 Å². The van der Waals surface area contributed by atoms with E-state index in [4.69, 9.17) is 5.11 Å². The highest BCUT2D eigenvalue weighted by molar-refractivity contribution is 5.93. The quantitative estimate of drug-likeness (QED) is 0.728. The molecule has 0 aliphatic rings. The third kappa shape index (κ3) is 3.51. The van der Waals surface area contributed by atoms with E-state index in [-0.39, 0.29) is 24.2 Å². The number of rotatable bonds is 6. The summed E-state index contributed by atoms with van der Waals surface area (Å²) in [6.07, 6.45) is 0.902. The van der Waals surface area contributed by atoms with Gasteiger partial charge in [-0.3, -0.25) is 9.59 Å². The predicted molar refractivity (Wildman–Crippen MR) is 86.3 cm³/mol. The van der Waals surface area contributed by atoms with E-state index in [1.165, 1.54) is 23.0 Å². The Kier molecular flexibility index (Phi) is 4.87. The zero-order chi connectivity index (χ0) is 18.7. The van der Waals surface area contributed by atoms with Gasteiger partial charge in [-0.1, -0.05) is 12.1 Å². The molecule has 1 aromatic carbocycles. The number of aliphatic carboxylic acids is 1. The number of carbonyl (C=O) groups is 2. The number of hydrogen-bond acceptors (Lipinski definition) is 4. The minimum atomic E-state index is -1.13. The van der Waals surface area contributed by atoms with E-state index < -0.39 is 30.1 Å². The molecule has 0 atom stereocenters. The fraction of sp³-hybridized carbons (Fsp3) is 0.176. The molecule has 2 heterocycles. The van der Waals surface area contributed by atoms with Crippen LogP contribution in [-0.2, 0) is 11.3 Å². The Balaban J connectivity index is 1.96. The van der Waals surface area contributed by atoms with Crippen molar-refractivity contribution >= 4 is 17.5 Å². The fourth-order valence-corrected chi connectivity index (χ4v) is 2.53. The largest absolute Gasteiger partial charge is 0.481 e. The lowest BCUT2D eigenvalue weighted by molar-refractivity contribution is -0.137. The van der Waals surface area contributed by atoms with Crippen molar-refractivity contribution in [3.8, 4) is 0 Å². The Hall–Kier alpha value is -3.36. The van der Waals surface area contributed by atoms with Crippen LogP contribution in [0, 0.1) is 11.6 Å². The average Bonchev–Trinajstić information content (AvgIpc) is 3.08. The molecule has 1 N–H and O–H groups in total. The van der Waals surface area contributed by atoms with Crippen LogP contribution in [0.2, 0.25) is 0 Å². The van der Waals surface area contributed by atoms with Crippen LogP contribution in [0.5, 0.6) is 0 Å². The van der Waals surface area contributed by atoms with Crippen molar-refractivity contribution in [3.05, 3.63) is 65.6 Å². The van der Waals surface area contributed by atoms with Crippen molar-refractivity contribution < 1.29 is 23.5 Å². The molecule has 26 heavy (non-hydrogen) atoms. The average molecular weight is 360 g/mol. The number of benzene rings is 1. The lowest BCUT2D eigenvalue weighted by atomic mass is 10.1. The van der Waals surface area contributed by atoms with Crippen molar-refractivity contribution in [3.63, 3.8) is 0 Å². The molecule has 0 saturated heterocycles. The molecule has 0 fully saturated rings. The van der Waals surface area contributed by atoms with Gasteiger partial charge in [-0.2, -0.15) is 5.10 Å². The molecule has 0 aliphatic carbocycles. The van der Waals surface area contributed by atoms with Gasteiger partial charge < -0.3 is 10.0 Å². The van der Waals surface area contributed by atoms with Gasteiger partial charge in [0, 0.05) is 12.1 Å². The molecule has 3 rings (SSSR count). The molecule has 9 heteroatoms. The number of carbonyl (C=O) groups excluding carboxylic acids is 1. The first-order valence-corrected chi connectivity index (χ1v) is 7.70. The fourth-order valence-electron chi connectivity index (χ4n) is 2.53. The Morgan fingerprint density at radius 1 is 1.12 bits per heavy atom. The Bertz CT molecular complexity index is 953. The van der Waals surface area contributed by atoms with E-state index in [1.54, 1.807) is 12.1 Å². The zero-order valence-corrected chi connectivity index (χ0v) is 13.5. The summed E-state index contributed by atoms with van der Waals surface area (Å²) in [7, 11) is 0. The number of pyridine rings is 1. The number of aromatic nitrogens is 3. The lowest BCUT2D eigenvalue weighted by Gasteiger charge is -2.23. The smallest absolute Gasteiger partial charge is 0.305 e. The highest BCUT2D eigenvalue weighted by Gasteiger charge is 2.23. The topological polar surface area (TPSA) is 87.8 Å². The maximum atomic E-state index is 14.0. The lowest BCUT2D eigenvalue weighted by Crippen LogP contribution is -2.34. The summed E-state index contributed by atoms with van der Waals surface area (Å²) in [5.74, 6) is -3.35. The summed E-state index contributed by atoms with van der Waals surface area (Å²) in [5.41, 5.74) is 0.227. The summed E-state index contributed by atoms with van der Waals surface area (Å²) in [4.78, 5) is 28.9. The second-order valence-electron chi connectivity index (χ2n) is 5.51. The van der Waals surface area contributed by atoms with E-state index in [2.05, 4.69) is 10.1 Å². The second kappa shape index (κ2) is 7.26. The van der Waals surface area contributed by atoms with E-state index in [0.29, 0.717) is 5.65 Å². The first-order chi connectivity index (χ1) is 12.5. The van der Waals surface area contributed by atoms with E-state index in [9.17, 15) is 18.4 Å². The standard InChI is InChI=1S/C17H14F2N4O3/c18-12-3-1-4-13(19)11(12)9-22(8-7-16(24)25)17(26)14-5-2-6-15-20-10-21-23(14)15/h1-6,10H,7-9H2,(H,24,25). The van der Waals surface area contributed by atoms with Crippen molar-refractivity contribution in [2.45, 2.75) is 13.0 Å². The molecule has 0 saturated carbocycles. The number of nitrogens with zero attached hydrogens (tertiary/aromatic N) is 4. The van der Waals surface area contributed by atoms with Crippen LogP contribution in [0.25, 0.3) is 5.65 Å². The summed E-state index contributed by atoms with van der Waals surface area (Å²) >= 11 is 0. The Morgan fingerprint density at radius 3 is 2.50 bits per heavy atom. The maximum Gasteiger partial charge on any atom is 0.305 e. The van der Waals surface area contributed by atoms with Crippen LogP contribution in [0.1, 0.15) is 22.5 Å². The number of halogens is 2. The van der Waals surface area contributed by atoms with Crippen molar-refractivity contribution in [1.82, 2.24) is 19.5 Å². The monoisotopic (exact) mass is 360 g/mol. The Morgan fingerprint density at radius 2 is 1.81 bits per heavy atom. The molecule has 2 aromatic heterocycles. The van der Waals surface area contributed by atoms with E-state index in [0.717, 1.165) is 17.0 Å². The number of hydrogen-bond donors (Lipinski definition) is 1. The number of carboxylic acid groups (broad SMARTS) is 1. The van der Waals surface area contributed by atoms with Gasteiger partial charge >= 0.3 is 5.97 Å². The van der Waals surface area contributed by atoms with Gasteiger partial charge in [0.2, 0.25) is 0 Å². The predicted octanol–water partition coefficient (Wildman–Crippen LogP) is 2.12. The van der Waals surface area contributed by atoms with Crippen LogP contribution in [0.4, 0.5) is 8.78 Å². The SMILES string of the molecule is O=C(O)CCN(Cc1c(F)cccc1F)C(=O)c1cccc2ncnn12. The highest BCUT2D eigenvalue weighted by Crippen LogP contribution is 2.17. The molecule has 0 spiro atoms. The van der Waals surface area contributed by atoms with Crippen molar-refractivity contribution in [1.29, 1.82) is 0 Å². The van der Waals surface area contributed by atoms with Gasteiger partial charge in [0.15, 0.2) is 5.65 Å². The summed E-state index contributed by atoms with van der Waals surface area (Å²) in [6.45, 7) is -0.622. The molecule has 7 nitrogen and oxygen atoms in total. The molecule has 134 valence electrons. The number of fused-ring (bicyclic) bond motifs is 1. The zero-order valence-electron chi connectivity index (χ0n) is 13.5. The summed E-state index contributed by atoms with van der Waals surface area (Å²) in [5, 5.41) is 12.9. The van der Waals surface area contributed by atoms with Crippen molar-refractivity contribution in [2.75, 3.05) is 6.54 Å². The van der Waals surface area contributed by atoms with Gasteiger partial charge in [-0.25, -0.2) is 18.3 Å². The van der Waals surface area contributed by atoms with Crippen molar-refractivity contribution in [2.24, 2.45) is 0 Å². The highest BCUT2D eigenvalue weighted by atomic mass is 19.1. The number of carboxylic acids is 1. The molecule has 0 radical (unpaired) electrons. The summed E-state index contributed by atoms with van der Waals surface area (Å²) < 4.78 is 29.2. The molecule has 1 amide bonds. The van der Waals surface area contributed by atoms with Crippen LogP contribution >= 0.6 is 0 Å². The number of amides is 1. The molecule has 0 unspecified atom stereocenters. The first-order valence-electron chi connectivity index (χ1n) is 7.70. The van der Waals surface area contributed by atoms with Gasteiger partial charge in [0.1, 0.15) is 23.7 Å². The van der Waals surface area contributed by atoms with Crippen LogP contribution in [-0.4, -0.2) is 43.0 Å². The summed E-state index contributed by atoms with van der Waals surface area (Å²) in [6, 6.07) is 8.09. The molecule has 0 aliphatic heterocycles. The molecular weight excluding hydrogens is 346 g/mol. The maximum absolute atomic E-state index is 14.0. The minimum absolute atomic E-state index is 0.113. The molecule has 3 aromatic rings. The van der Waals surface area contributed by atoms with Crippen LogP contribution in [0.3, 0.4) is 0 Å². The van der Waals surface area contributed by atoms with Crippen LogP contribution < -0.4 is 0 Å². The third-order valence-electron chi connectivity index (χ3n) is 3.81. The van der Waals surface area contributed by atoms with E-state index >= 15 is 0 Å². The molecular formula is C17H14F2N4O3. The normalized spacial score (nSPS) is 10.8. The van der Waals surface area contributed by atoms with Gasteiger partial charge in [0.25, 0.3) is 5.91 Å². The minimum Gasteiger partial charge on any atom is -0.481 e. The third-order valence-corrected chi connectivity index (χ3v) is 3.81. The van der Waals surface area contributed by atoms with Crippen LogP contribution in [0.15, 0.2) is 42.7 Å². The van der Waals surface area contributed by atoms with Gasteiger partial charge in [-0.15, -0.1) is 0 Å². The van der Waals surface area contributed by atoms with E-state index in [1.807, 2.05) is 0 Å². The first kappa shape index (κ1) is 17.5.